The summed E-state index contributed by atoms with van der Waals surface area (Å²) in [6.07, 6.45) is 2.47. The number of ether oxygens (including phenoxy) is 1. The fourth-order valence-corrected chi connectivity index (χ4v) is 2.26. The van der Waals surface area contributed by atoms with Gasteiger partial charge in [0.05, 0.1) is 7.11 Å². The number of halogens is 2. The first kappa shape index (κ1) is 16.7. The van der Waals surface area contributed by atoms with Gasteiger partial charge in [-0.1, -0.05) is 0 Å². The first-order valence-electron chi connectivity index (χ1n) is 6.53. The van der Waals surface area contributed by atoms with E-state index in [4.69, 9.17) is 4.74 Å². The Morgan fingerprint density at radius 1 is 1.55 bits per heavy atom. The molecule has 1 fully saturated rings. The zero-order valence-corrected chi connectivity index (χ0v) is 12.3. The van der Waals surface area contributed by atoms with Crippen molar-refractivity contribution in [3.8, 4) is 5.75 Å². The predicted octanol–water partition coefficient (Wildman–Crippen LogP) is 2.58. The number of carbonyl (C=O) groups is 1. The SMILES string of the molecule is COc1ccc(NC(=O)CCC2CCNC2)cc1F.Cl. The molecule has 2 rings (SSSR count). The predicted molar refractivity (Wildman–Crippen MR) is 79.0 cm³/mol. The number of methoxy groups -OCH3 is 1. The van der Waals surface area contributed by atoms with Crippen LogP contribution >= 0.6 is 12.4 Å². The molecule has 0 saturated carbocycles. The van der Waals surface area contributed by atoms with E-state index in [1.807, 2.05) is 0 Å². The molecule has 1 amide bonds. The first-order valence-corrected chi connectivity index (χ1v) is 6.53. The lowest BCUT2D eigenvalue weighted by Gasteiger charge is -2.09. The van der Waals surface area contributed by atoms with Gasteiger partial charge in [-0.2, -0.15) is 0 Å². The molecule has 1 atom stereocenters. The van der Waals surface area contributed by atoms with Crippen molar-refractivity contribution >= 4 is 24.0 Å². The van der Waals surface area contributed by atoms with Crippen LogP contribution in [0.2, 0.25) is 0 Å². The molecule has 112 valence electrons. The third kappa shape index (κ3) is 4.65. The van der Waals surface area contributed by atoms with Crippen molar-refractivity contribution < 1.29 is 13.9 Å². The lowest BCUT2D eigenvalue weighted by atomic mass is 10.0. The van der Waals surface area contributed by atoms with E-state index in [2.05, 4.69) is 10.6 Å². The Kier molecular flexibility index (Phi) is 6.75. The highest BCUT2D eigenvalue weighted by atomic mass is 35.5. The molecular weight excluding hydrogens is 283 g/mol. The zero-order valence-electron chi connectivity index (χ0n) is 11.4. The van der Waals surface area contributed by atoms with Crippen LogP contribution in [-0.4, -0.2) is 26.1 Å². The number of amides is 1. The summed E-state index contributed by atoms with van der Waals surface area (Å²) in [6.45, 7) is 2.03. The van der Waals surface area contributed by atoms with Crippen LogP contribution in [0.15, 0.2) is 18.2 Å². The lowest BCUT2D eigenvalue weighted by Crippen LogP contribution is -2.15. The lowest BCUT2D eigenvalue weighted by molar-refractivity contribution is -0.116. The summed E-state index contributed by atoms with van der Waals surface area (Å²) in [5.41, 5.74) is 0.466. The van der Waals surface area contributed by atoms with Crippen molar-refractivity contribution in [3.05, 3.63) is 24.0 Å². The maximum atomic E-state index is 13.4. The van der Waals surface area contributed by atoms with Crippen LogP contribution in [0.4, 0.5) is 10.1 Å². The van der Waals surface area contributed by atoms with E-state index < -0.39 is 5.82 Å². The fraction of sp³-hybridized carbons (Fsp3) is 0.500. The van der Waals surface area contributed by atoms with E-state index >= 15 is 0 Å². The van der Waals surface area contributed by atoms with E-state index in [0.717, 1.165) is 25.9 Å². The van der Waals surface area contributed by atoms with Gasteiger partial charge < -0.3 is 15.4 Å². The molecule has 1 unspecified atom stereocenters. The Bertz CT molecular complexity index is 451. The Morgan fingerprint density at radius 2 is 2.35 bits per heavy atom. The number of hydrogen-bond acceptors (Lipinski definition) is 3. The summed E-state index contributed by atoms with van der Waals surface area (Å²) in [4.78, 5) is 11.7. The highest BCUT2D eigenvalue weighted by Crippen LogP contribution is 2.21. The van der Waals surface area contributed by atoms with Crippen molar-refractivity contribution in [2.24, 2.45) is 5.92 Å². The second-order valence-electron chi connectivity index (χ2n) is 4.80. The van der Waals surface area contributed by atoms with E-state index in [9.17, 15) is 9.18 Å². The van der Waals surface area contributed by atoms with Crippen LogP contribution in [0.3, 0.4) is 0 Å². The van der Waals surface area contributed by atoms with Gasteiger partial charge in [-0.25, -0.2) is 4.39 Å². The minimum atomic E-state index is -0.472. The Balaban J connectivity index is 0.00000200. The monoisotopic (exact) mass is 302 g/mol. The Morgan fingerprint density at radius 3 is 2.95 bits per heavy atom. The third-order valence-corrected chi connectivity index (χ3v) is 3.38. The molecule has 1 heterocycles. The van der Waals surface area contributed by atoms with Crippen LogP contribution in [-0.2, 0) is 4.79 Å². The fourth-order valence-electron chi connectivity index (χ4n) is 2.26. The van der Waals surface area contributed by atoms with Crippen molar-refractivity contribution in [2.45, 2.75) is 19.3 Å². The molecule has 1 aliphatic heterocycles. The van der Waals surface area contributed by atoms with Crippen molar-refractivity contribution in [1.82, 2.24) is 5.32 Å². The molecule has 1 aromatic rings. The van der Waals surface area contributed by atoms with Crippen LogP contribution in [0.1, 0.15) is 19.3 Å². The quantitative estimate of drug-likeness (QED) is 0.879. The second-order valence-corrected chi connectivity index (χ2v) is 4.80. The Hall–Kier alpha value is -1.33. The average Bonchev–Trinajstić information content (AvgIpc) is 2.90. The number of benzene rings is 1. The molecule has 6 heteroatoms. The van der Waals surface area contributed by atoms with E-state index in [1.54, 1.807) is 6.07 Å². The smallest absolute Gasteiger partial charge is 0.224 e. The van der Waals surface area contributed by atoms with Crippen LogP contribution < -0.4 is 15.4 Å². The molecule has 0 aliphatic carbocycles. The van der Waals surface area contributed by atoms with Gasteiger partial charge in [-0.3, -0.25) is 4.79 Å². The highest BCUT2D eigenvalue weighted by Gasteiger charge is 2.15. The molecule has 0 bridgehead atoms. The molecule has 0 spiro atoms. The van der Waals surface area contributed by atoms with Gasteiger partial charge in [0.2, 0.25) is 5.91 Å². The normalized spacial score (nSPS) is 17.4. The number of anilines is 1. The van der Waals surface area contributed by atoms with Gasteiger partial charge >= 0.3 is 0 Å². The third-order valence-electron chi connectivity index (χ3n) is 3.38. The summed E-state index contributed by atoms with van der Waals surface area (Å²) in [5.74, 6) is 0.213. The highest BCUT2D eigenvalue weighted by molar-refractivity contribution is 5.90. The number of nitrogens with one attached hydrogen (secondary N) is 2. The maximum Gasteiger partial charge on any atom is 0.224 e. The van der Waals surface area contributed by atoms with Gasteiger partial charge in [-0.05, 0) is 44.0 Å². The molecule has 2 N–H and O–H groups in total. The van der Waals surface area contributed by atoms with E-state index in [0.29, 0.717) is 18.0 Å². The second kappa shape index (κ2) is 8.07. The van der Waals surface area contributed by atoms with Crippen molar-refractivity contribution in [3.63, 3.8) is 0 Å². The molecule has 1 aliphatic rings. The molecule has 1 saturated heterocycles. The van der Waals surface area contributed by atoms with Gasteiger partial charge in [0.25, 0.3) is 0 Å². The van der Waals surface area contributed by atoms with Gasteiger partial charge in [0, 0.05) is 18.2 Å². The minimum Gasteiger partial charge on any atom is -0.494 e. The summed E-state index contributed by atoms with van der Waals surface area (Å²) in [5, 5.41) is 5.97. The zero-order chi connectivity index (χ0) is 13.7. The van der Waals surface area contributed by atoms with Gasteiger partial charge in [0.15, 0.2) is 11.6 Å². The number of rotatable bonds is 5. The standard InChI is InChI=1S/C14H19FN2O2.ClH/c1-19-13-4-3-11(8-12(13)15)17-14(18)5-2-10-6-7-16-9-10;/h3-4,8,10,16H,2,5-7,9H2,1H3,(H,17,18);1H. The van der Waals surface area contributed by atoms with Crippen molar-refractivity contribution in [1.29, 1.82) is 0 Å². The molecule has 0 radical (unpaired) electrons. The molecule has 4 nitrogen and oxygen atoms in total. The van der Waals surface area contributed by atoms with Gasteiger partial charge in [0.1, 0.15) is 0 Å². The average molecular weight is 303 g/mol. The molecular formula is C14H20ClFN2O2. The van der Waals surface area contributed by atoms with Crippen molar-refractivity contribution in [2.75, 3.05) is 25.5 Å². The molecule has 20 heavy (non-hydrogen) atoms. The van der Waals surface area contributed by atoms with Gasteiger partial charge in [-0.15, -0.1) is 12.4 Å². The van der Waals surface area contributed by atoms with E-state index in [1.165, 1.54) is 19.2 Å². The summed E-state index contributed by atoms with van der Waals surface area (Å²) < 4.78 is 18.3. The maximum absolute atomic E-state index is 13.4. The van der Waals surface area contributed by atoms with E-state index in [-0.39, 0.29) is 24.1 Å². The molecule has 0 aromatic heterocycles. The molecule has 1 aromatic carbocycles. The van der Waals surface area contributed by atoms with Crippen LogP contribution in [0.25, 0.3) is 0 Å². The summed E-state index contributed by atoms with van der Waals surface area (Å²) in [7, 11) is 1.41. The first-order chi connectivity index (χ1) is 9.19. The number of hydrogen-bond donors (Lipinski definition) is 2. The minimum absolute atomic E-state index is 0. The Labute approximate surface area is 124 Å². The largest absolute Gasteiger partial charge is 0.494 e. The summed E-state index contributed by atoms with van der Waals surface area (Å²) in [6, 6.07) is 4.41. The topological polar surface area (TPSA) is 50.4 Å². The number of carbonyl (C=O) groups excluding carboxylic acids is 1. The van der Waals surface area contributed by atoms with Crippen LogP contribution in [0, 0.1) is 11.7 Å². The van der Waals surface area contributed by atoms with Crippen LogP contribution in [0.5, 0.6) is 5.75 Å². The summed E-state index contributed by atoms with van der Waals surface area (Å²) >= 11 is 0.